The molecular weight excluding hydrogens is 340 g/mol. The number of aliphatic hydroxyl groups is 1. The number of hydrogen-bond donors (Lipinski definition) is 3. The van der Waals surface area contributed by atoms with Gasteiger partial charge in [0.15, 0.2) is 5.96 Å². The van der Waals surface area contributed by atoms with Crippen LogP contribution in [0.2, 0.25) is 0 Å². The van der Waals surface area contributed by atoms with Crippen molar-refractivity contribution in [3.63, 3.8) is 0 Å². The van der Waals surface area contributed by atoms with E-state index in [0.29, 0.717) is 6.54 Å². The maximum Gasteiger partial charge on any atom is 0.191 e. The predicted molar refractivity (Wildman–Crippen MR) is 113 cm³/mol. The summed E-state index contributed by atoms with van der Waals surface area (Å²) in [5, 5.41) is 17.0. The Morgan fingerprint density at radius 1 is 1.19 bits per heavy atom. The van der Waals surface area contributed by atoms with Gasteiger partial charge in [-0.2, -0.15) is 0 Å². The van der Waals surface area contributed by atoms with E-state index in [-0.39, 0.29) is 5.41 Å². The maximum atomic E-state index is 10.5. The molecular formula is C21H38N4O2. The first-order chi connectivity index (χ1) is 12.8. The lowest BCUT2D eigenvalue weighted by atomic mass is 9.86. The number of nitrogens with zero attached hydrogens (tertiary/aromatic N) is 2. The number of methoxy groups -OCH3 is 1. The molecule has 0 amide bonds. The molecule has 6 heteroatoms. The SMILES string of the molecule is CCNC(=NCC(O)c1ccc(C(C)(C)C)cc1)NCCN(C)CCOC. The third kappa shape index (κ3) is 9.22. The van der Waals surface area contributed by atoms with Crippen LogP contribution in [0.25, 0.3) is 0 Å². The van der Waals surface area contributed by atoms with Crippen molar-refractivity contribution < 1.29 is 9.84 Å². The van der Waals surface area contributed by atoms with Crippen molar-refractivity contribution >= 4 is 5.96 Å². The van der Waals surface area contributed by atoms with E-state index in [0.717, 1.165) is 44.3 Å². The molecule has 1 unspecified atom stereocenters. The van der Waals surface area contributed by atoms with E-state index < -0.39 is 6.10 Å². The number of nitrogens with one attached hydrogen (secondary N) is 2. The summed E-state index contributed by atoms with van der Waals surface area (Å²) in [6.45, 7) is 13.0. The number of benzene rings is 1. The number of rotatable bonds is 10. The fraction of sp³-hybridized carbons (Fsp3) is 0.667. The van der Waals surface area contributed by atoms with Crippen LogP contribution in [0.3, 0.4) is 0 Å². The maximum absolute atomic E-state index is 10.5. The average molecular weight is 379 g/mol. The van der Waals surface area contributed by atoms with E-state index in [1.807, 2.05) is 19.1 Å². The molecule has 0 radical (unpaired) electrons. The van der Waals surface area contributed by atoms with E-state index in [9.17, 15) is 5.11 Å². The Labute approximate surface area is 165 Å². The number of hydrogen-bond acceptors (Lipinski definition) is 4. The van der Waals surface area contributed by atoms with Crippen molar-refractivity contribution in [3.05, 3.63) is 35.4 Å². The van der Waals surface area contributed by atoms with Gasteiger partial charge in [-0.05, 0) is 30.5 Å². The first-order valence-corrected chi connectivity index (χ1v) is 9.76. The summed E-state index contributed by atoms with van der Waals surface area (Å²) in [7, 11) is 3.78. The lowest BCUT2D eigenvalue weighted by Gasteiger charge is -2.20. The molecule has 1 aromatic carbocycles. The van der Waals surface area contributed by atoms with Crippen LogP contribution >= 0.6 is 0 Å². The van der Waals surface area contributed by atoms with Gasteiger partial charge in [0.1, 0.15) is 0 Å². The summed E-state index contributed by atoms with van der Waals surface area (Å²) in [5.41, 5.74) is 2.26. The summed E-state index contributed by atoms with van der Waals surface area (Å²) >= 11 is 0. The van der Waals surface area contributed by atoms with Crippen molar-refractivity contribution in [2.45, 2.75) is 39.2 Å². The third-order valence-corrected chi connectivity index (χ3v) is 4.39. The number of aliphatic imine (C=N–C) groups is 1. The Morgan fingerprint density at radius 3 is 2.41 bits per heavy atom. The highest BCUT2D eigenvalue weighted by atomic mass is 16.5. The highest BCUT2D eigenvalue weighted by Crippen LogP contribution is 2.24. The predicted octanol–water partition coefficient (Wildman–Crippen LogP) is 2.15. The lowest BCUT2D eigenvalue weighted by Crippen LogP contribution is -2.41. The molecule has 1 atom stereocenters. The minimum absolute atomic E-state index is 0.111. The largest absolute Gasteiger partial charge is 0.386 e. The minimum atomic E-state index is -0.612. The Hall–Kier alpha value is -1.63. The number of likely N-dealkylation sites (N-methyl/N-ethyl adjacent to an activating group) is 1. The summed E-state index contributed by atoms with van der Waals surface area (Å²) in [6.07, 6.45) is -0.612. The minimum Gasteiger partial charge on any atom is -0.386 e. The third-order valence-electron chi connectivity index (χ3n) is 4.39. The van der Waals surface area contributed by atoms with E-state index >= 15 is 0 Å². The monoisotopic (exact) mass is 378 g/mol. The van der Waals surface area contributed by atoms with Crippen LogP contribution in [0, 0.1) is 0 Å². The molecule has 27 heavy (non-hydrogen) atoms. The van der Waals surface area contributed by atoms with E-state index in [4.69, 9.17) is 4.74 Å². The Morgan fingerprint density at radius 2 is 1.85 bits per heavy atom. The number of ether oxygens (including phenoxy) is 1. The van der Waals surface area contributed by atoms with Crippen molar-refractivity contribution in [2.75, 3.05) is 53.5 Å². The second kappa shape index (κ2) is 12.0. The highest BCUT2D eigenvalue weighted by molar-refractivity contribution is 5.79. The van der Waals surface area contributed by atoms with Crippen LogP contribution in [0.4, 0.5) is 0 Å². The van der Waals surface area contributed by atoms with Crippen molar-refractivity contribution in [3.8, 4) is 0 Å². The summed E-state index contributed by atoms with van der Waals surface area (Å²) in [4.78, 5) is 6.72. The van der Waals surface area contributed by atoms with Gasteiger partial charge in [-0.1, -0.05) is 45.0 Å². The van der Waals surface area contributed by atoms with E-state index in [1.54, 1.807) is 7.11 Å². The van der Waals surface area contributed by atoms with Crippen molar-refractivity contribution in [2.24, 2.45) is 4.99 Å². The molecule has 0 heterocycles. The lowest BCUT2D eigenvalue weighted by molar-refractivity contribution is 0.162. The highest BCUT2D eigenvalue weighted by Gasteiger charge is 2.14. The van der Waals surface area contributed by atoms with Gasteiger partial charge < -0.3 is 25.4 Å². The second-order valence-electron chi connectivity index (χ2n) is 7.83. The second-order valence-corrected chi connectivity index (χ2v) is 7.83. The summed E-state index contributed by atoms with van der Waals surface area (Å²) in [6, 6.07) is 8.15. The molecule has 0 fully saturated rings. The molecule has 0 aromatic heterocycles. The van der Waals surface area contributed by atoms with E-state index in [2.05, 4.69) is 60.5 Å². The molecule has 1 rings (SSSR count). The van der Waals surface area contributed by atoms with Gasteiger partial charge in [-0.3, -0.25) is 4.99 Å². The fourth-order valence-electron chi connectivity index (χ4n) is 2.55. The quantitative estimate of drug-likeness (QED) is 0.430. The van der Waals surface area contributed by atoms with Crippen LogP contribution in [-0.2, 0) is 10.2 Å². The van der Waals surface area contributed by atoms with Crippen LogP contribution in [0.1, 0.15) is 44.9 Å². The Bertz CT molecular complexity index is 552. The normalized spacial score (nSPS) is 13.7. The molecule has 0 aliphatic heterocycles. The molecule has 1 aromatic rings. The van der Waals surface area contributed by atoms with Crippen LogP contribution in [-0.4, -0.2) is 69.5 Å². The van der Waals surface area contributed by atoms with Gasteiger partial charge in [-0.25, -0.2) is 0 Å². The average Bonchev–Trinajstić information content (AvgIpc) is 2.63. The van der Waals surface area contributed by atoms with Crippen LogP contribution in [0.5, 0.6) is 0 Å². The van der Waals surface area contributed by atoms with E-state index in [1.165, 1.54) is 5.56 Å². The van der Waals surface area contributed by atoms with Crippen molar-refractivity contribution in [1.29, 1.82) is 0 Å². The summed E-state index contributed by atoms with van der Waals surface area (Å²) < 4.78 is 5.09. The zero-order chi connectivity index (χ0) is 20.3. The van der Waals surface area contributed by atoms with Crippen molar-refractivity contribution in [1.82, 2.24) is 15.5 Å². The Balaban J connectivity index is 2.55. The number of aliphatic hydroxyl groups excluding tert-OH is 1. The van der Waals surface area contributed by atoms with Crippen LogP contribution < -0.4 is 10.6 Å². The molecule has 3 N–H and O–H groups in total. The smallest absolute Gasteiger partial charge is 0.191 e. The molecule has 0 saturated carbocycles. The van der Waals surface area contributed by atoms with Crippen LogP contribution in [0.15, 0.2) is 29.3 Å². The van der Waals surface area contributed by atoms with Gasteiger partial charge in [0.2, 0.25) is 0 Å². The summed E-state index contributed by atoms with van der Waals surface area (Å²) in [5.74, 6) is 0.725. The molecule has 6 nitrogen and oxygen atoms in total. The van der Waals surface area contributed by atoms with Gasteiger partial charge >= 0.3 is 0 Å². The topological polar surface area (TPSA) is 69.1 Å². The molecule has 0 saturated heterocycles. The Kier molecular flexibility index (Phi) is 10.4. The molecule has 154 valence electrons. The number of guanidine groups is 1. The fourth-order valence-corrected chi connectivity index (χ4v) is 2.55. The first kappa shape index (κ1) is 23.4. The molecule has 0 aliphatic rings. The molecule has 0 spiro atoms. The zero-order valence-corrected chi connectivity index (χ0v) is 17.9. The van der Waals surface area contributed by atoms with Gasteiger partial charge in [0.25, 0.3) is 0 Å². The zero-order valence-electron chi connectivity index (χ0n) is 17.9. The molecule has 0 aliphatic carbocycles. The standard InChI is InChI=1S/C21H38N4O2/c1-7-22-20(23-12-13-25(5)14-15-27-6)24-16-19(26)17-8-10-18(11-9-17)21(2,3)4/h8-11,19,26H,7,12-16H2,1-6H3,(H2,22,23,24). The molecule has 0 bridgehead atoms. The van der Waals surface area contributed by atoms with Gasteiger partial charge in [-0.15, -0.1) is 0 Å². The first-order valence-electron chi connectivity index (χ1n) is 9.76. The van der Waals surface area contributed by atoms with Gasteiger partial charge in [0.05, 0.1) is 19.3 Å². The van der Waals surface area contributed by atoms with Gasteiger partial charge in [0, 0.05) is 33.3 Å².